The Morgan fingerprint density at radius 3 is 2.76 bits per heavy atom. The second kappa shape index (κ2) is 8.05. The van der Waals surface area contributed by atoms with E-state index in [9.17, 15) is 14.9 Å². The van der Waals surface area contributed by atoms with Crippen LogP contribution in [0.3, 0.4) is 0 Å². The molecule has 0 aliphatic carbocycles. The van der Waals surface area contributed by atoms with E-state index < -0.39 is 16.9 Å². The van der Waals surface area contributed by atoms with Crippen molar-refractivity contribution in [3.05, 3.63) is 28.3 Å². The normalized spacial score (nSPS) is 11.6. The van der Waals surface area contributed by atoms with Crippen LogP contribution in [-0.4, -0.2) is 37.3 Å². The molecule has 0 spiro atoms. The lowest BCUT2D eigenvalue weighted by molar-refractivity contribution is -0.385. The number of nitrogens with zero attached hydrogens (tertiary/aromatic N) is 1. The number of rotatable bonds is 8. The van der Waals surface area contributed by atoms with E-state index in [2.05, 4.69) is 0 Å². The van der Waals surface area contributed by atoms with Gasteiger partial charge in [0.15, 0.2) is 5.75 Å². The van der Waals surface area contributed by atoms with Crippen molar-refractivity contribution >= 4 is 11.7 Å². The molecule has 1 unspecified atom stereocenters. The summed E-state index contributed by atoms with van der Waals surface area (Å²) in [6, 6.07) is 3.47. The highest BCUT2D eigenvalue weighted by atomic mass is 16.6. The summed E-state index contributed by atoms with van der Waals surface area (Å²) in [5, 5.41) is 10.9. The van der Waals surface area contributed by atoms with Crippen molar-refractivity contribution in [2.75, 3.05) is 20.3 Å². The van der Waals surface area contributed by atoms with Gasteiger partial charge in [-0.3, -0.25) is 14.9 Å². The molecule has 0 fully saturated rings. The largest absolute Gasteiger partial charge is 0.493 e. The summed E-state index contributed by atoms with van der Waals surface area (Å²) in [4.78, 5) is 21.6. The third-order valence-electron chi connectivity index (χ3n) is 2.63. The molecule has 0 aliphatic rings. The van der Waals surface area contributed by atoms with Crippen molar-refractivity contribution in [1.82, 2.24) is 0 Å². The van der Waals surface area contributed by atoms with E-state index in [0.29, 0.717) is 5.75 Å². The van der Waals surface area contributed by atoms with Gasteiger partial charge in [-0.05, 0) is 19.1 Å². The van der Waals surface area contributed by atoms with Crippen molar-refractivity contribution < 1.29 is 23.9 Å². The van der Waals surface area contributed by atoms with Crippen LogP contribution in [0.5, 0.6) is 11.5 Å². The molecular weight excluding hydrogens is 280 g/mol. The SMILES string of the molecule is CCOC(=O)C(N)CCOc1ccc(OC)c([N+](=O)[O-])c1. The zero-order chi connectivity index (χ0) is 15.8. The zero-order valence-corrected chi connectivity index (χ0v) is 11.9. The third-order valence-corrected chi connectivity index (χ3v) is 2.63. The molecule has 8 nitrogen and oxygen atoms in total. The Hall–Kier alpha value is -2.35. The Kier molecular flexibility index (Phi) is 6.41. The Morgan fingerprint density at radius 1 is 1.48 bits per heavy atom. The summed E-state index contributed by atoms with van der Waals surface area (Å²) in [6.45, 7) is 2.10. The van der Waals surface area contributed by atoms with Crippen LogP contribution in [0, 0.1) is 10.1 Å². The van der Waals surface area contributed by atoms with Crippen molar-refractivity contribution in [2.24, 2.45) is 5.73 Å². The molecule has 1 rings (SSSR count). The van der Waals surface area contributed by atoms with Crippen molar-refractivity contribution in [2.45, 2.75) is 19.4 Å². The number of esters is 1. The van der Waals surface area contributed by atoms with E-state index in [-0.39, 0.29) is 31.1 Å². The summed E-state index contributed by atoms with van der Waals surface area (Å²) in [7, 11) is 1.35. The molecule has 2 N–H and O–H groups in total. The number of carbonyl (C=O) groups is 1. The van der Waals surface area contributed by atoms with Crippen LogP contribution in [0.15, 0.2) is 18.2 Å². The van der Waals surface area contributed by atoms with Crippen molar-refractivity contribution in [3.63, 3.8) is 0 Å². The van der Waals surface area contributed by atoms with Gasteiger partial charge >= 0.3 is 11.7 Å². The van der Waals surface area contributed by atoms with E-state index in [1.54, 1.807) is 13.0 Å². The second-order valence-electron chi connectivity index (χ2n) is 4.09. The van der Waals surface area contributed by atoms with Gasteiger partial charge in [-0.25, -0.2) is 0 Å². The lowest BCUT2D eigenvalue weighted by Gasteiger charge is -2.11. The van der Waals surface area contributed by atoms with Crippen LogP contribution in [-0.2, 0) is 9.53 Å². The number of nitro benzene ring substituents is 1. The van der Waals surface area contributed by atoms with Gasteiger partial charge in [0.1, 0.15) is 11.8 Å². The Bertz CT molecular complexity index is 505. The van der Waals surface area contributed by atoms with Crippen molar-refractivity contribution in [3.8, 4) is 11.5 Å². The molecule has 0 amide bonds. The monoisotopic (exact) mass is 298 g/mol. The number of benzene rings is 1. The molecule has 0 saturated heterocycles. The summed E-state index contributed by atoms with van der Waals surface area (Å²) in [5.41, 5.74) is 5.42. The highest BCUT2D eigenvalue weighted by molar-refractivity contribution is 5.75. The Morgan fingerprint density at radius 2 is 2.19 bits per heavy atom. The first-order valence-corrected chi connectivity index (χ1v) is 6.37. The van der Waals surface area contributed by atoms with Crippen LogP contribution in [0.2, 0.25) is 0 Å². The van der Waals surface area contributed by atoms with E-state index in [4.69, 9.17) is 19.9 Å². The van der Waals surface area contributed by atoms with Gasteiger partial charge in [0.2, 0.25) is 0 Å². The molecule has 116 valence electrons. The van der Waals surface area contributed by atoms with Crippen LogP contribution in [0.4, 0.5) is 5.69 Å². The van der Waals surface area contributed by atoms with Gasteiger partial charge in [-0.1, -0.05) is 0 Å². The quantitative estimate of drug-likeness (QED) is 0.436. The summed E-state index contributed by atoms with van der Waals surface area (Å²) < 4.78 is 15.0. The fourth-order valence-corrected chi connectivity index (χ4v) is 1.57. The maximum absolute atomic E-state index is 11.3. The number of nitro groups is 1. The number of carbonyl (C=O) groups excluding carboxylic acids is 1. The maximum atomic E-state index is 11.3. The van der Waals surface area contributed by atoms with Crippen LogP contribution in [0.25, 0.3) is 0 Å². The molecule has 8 heteroatoms. The Labute approximate surface area is 121 Å². The van der Waals surface area contributed by atoms with Crippen LogP contribution < -0.4 is 15.2 Å². The van der Waals surface area contributed by atoms with Crippen LogP contribution >= 0.6 is 0 Å². The van der Waals surface area contributed by atoms with E-state index in [1.807, 2.05) is 0 Å². The molecule has 0 aromatic heterocycles. The van der Waals surface area contributed by atoms with Gasteiger partial charge in [-0.15, -0.1) is 0 Å². The number of nitrogens with two attached hydrogens (primary N) is 1. The van der Waals surface area contributed by atoms with Crippen LogP contribution in [0.1, 0.15) is 13.3 Å². The molecule has 0 radical (unpaired) electrons. The highest BCUT2D eigenvalue weighted by Gasteiger charge is 2.17. The van der Waals surface area contributed by atoms with Gasteiger partial charge < -0.3 is 19.9 Å². The molecule has 0 bridgehead atoms. The first-order chi connectivity index (χ1) is 9.99. The molecule has 1 atom stereocenters. The average Bonchev–Trinajstić information content (AvgIpc) is 2.47. The molecule has 0 aliphatic heterocycles. The zero-order valence-electron chi connectivity index (χ0n) is 11.9. The summed E-state index contributed by atoms with van der Waals surface area (Å²) in [5.74, 6) is -0.0454. The number of ether oxygens (including phenoxy) is 3. The fourth-order valence-electron chi connectivity index (χ4n) is 1.57. The molecule has 1 aromatic rings. The van der Waals surface area contributed by atoms with Gasteiger partial charge in [0.25, 0.3) is 0 Å². The number of hydrogen-bond donors (Lipinski definition) is 1. The van der Waals surface area contributed by atoms with Gasteiger partial charge in [-0.2, -0.15) is 0 Å². The predicted octanol–water partition coefficient (Wildman–Crippen LogP) is 1.26. The average molecular weight is 298 g/mol. The summed E-state index contributed by atoms with van der Waals surface area (Å²) in [6.07, 6.45) is 0.249. The van der Waals surface area contributed by atoms with Gasteiger partial charge in [0, 0.05) is 6.42 Å². The number of hydrogen-bond acceptors (Lipinski definition) is 7. The van der Waals surface area contributed by atoms with E-state index >= 15 is 0 Å². The topological polar surface area (TPSA) is 114 Å². The van der Waals surface area contributed by atoms with E-state index in [1.165, 1.54) is 19.2 Å². The number of methoxy groups -OCH3 is 1. The standard InChI is InChI=1S/C13H18N2O6/c1-3-20-13(16)10(14)6-7-21-9-4-5-12(19-2)11(8-9)15(17)18/h4-5,8,10H,3,6-7,14H2,1-2H3. The smallest absolute Gasteiger partial charge is 0.323 e. The second-order valence-corrected chi connectivity index (χ2v) is 4.09. The minimum Gasteiger partial charge on any atom is -0.493 e. The van der Waals surface area contributed by atoms with Crippen molar-refractivity contribution in [1.29, 1.82) is 0 Å². The lowest BCUT2D eigenvalue weighted by atomic mass is 10.2. The minimum absolute atomic E-state index is 0.142. The molecule has 21 heavy (non-hydrogen) atoms. The lowest BCUT2D eigenvalue weighted by Crippen LogP contribution is -2.33. The first kappa shape index (κ1) is 16.7. The van der Waals surface area contributed by atoms with Gasteiger partial charge in [0.05, 0.1) is 31.3 Å². The molecular formula is C13H18N2O6. The molecule has 0 heterocycles. The Balaban J connectivity index is 2.58. The molecule has 0 saturated carbocycles. The summed E-state index contributed by atoms with van der Waals surface area (Å²) >= 11 is 0. The third kappa shape index (κ3) is 4.92. The molecule has 1 aromatic carbocycles. The minimum atomic E-state index is -0.779. The maximum Gasteiger partial charge on any atom is 0.323 e. The van der Waals surface area contributed by atoms with E-state index in [0.717, 1.165) is 0 Å². The predicted molar refractivity (Wildman–Crippen MR) is 74.4 cm³/mol. The first-order valence-electron chi connectivity index (χ1n) is 6.37. The fraction of sp³-hybridized carbons (Fsp3) is 0.462. The highest BCUT2D eigenvalue weighted by Crippen LogP contribution is 2.30.